The number of rotatable bonds is 8. The normalized spacial score (nSPS) is 13.6. The van der Waals surface area contributed by atoms with Gasteiger partial charge in [0.15, 0.2) is 0 Å². The number of nitro groups is 2. The van der Waals surface area contributed by atoms with Gasteiger partial charge in [0.25, 0.3) is 5.69 Å². The average molecular weight is 410 g/mol. The van der Waals surface area contributed by atoms with Crippen molar-refractivity contribution in [3.8, 4) is 0 Å². The van der Waals surface area contributed by atoms with Gasteiger partial charge in [-0.25, -0.2) is 4.79 Å². The summed E-state index contributed by atoms with van der Waals surface area (Å²) in [6.45, 7) is 0. The van der Waals surface area contributed by atoms with Gasteiger partial charge < -0.3 is 5.11 Å². The summed E-state index contributed by atoms with van der Waals surface area (Å²) < 4.78 is 0. The Balaban J connectivity index is 1.96. The Hall–Kier alpha value is -4.08. The van der Waals surface area contributed by atoms with Gasteiger partial charge in [-0.15, -0.1) is 0 Å². The molecule has 1 aliphatic rings. The number of hydrogen-bond acceptors (Lipinski definition) is 7. The summed E-state index contributed by atoms with van der Waals surface area (Å²) in [6.07, 6.45) is 4.80. The van der Waals surface area contributed by atoms with E-state index in [4.69, 9.17) is 0 Å². The van der Waals surface area contributed by atoms with E-state index in [1.165, 1.54) is 12.1 Å². The highest BCUT2D eigenvalue weighted by Crippen LogP contribution is 2.29. The Bertz CT molecular complexity index is 1080. The van der Waals surface area contributed by atoms with Gasteiger partial charge in [-0.1, -0.05) is 24.3 Å². The van der Waals surface area contributed by atoms with E-state index in [9.17, 15) is 30.1 Å². The maximum absolute atomic E-state index is 11.5. The van der Waals surface area contributed by atoms with Crippen molar-refractivity contribution in [3.63, 3.8) is 0 Å². The van der Waals surface area contributed by atoms with Gasteiger partial charge in [0, 0.05) is 12.5 Å². The molecule has 0 atom stereocenters. The molecule has 0 radical (unpaired) electrons. The van der Waals surface area contributed by atoms with E-state index in [-0.39, 0.29) is 17.7 Å². The van der Waals surface area contributed by atoms with Gasteiger partial charge >= 0.3 is 11.7 Å². The van der Waals surface area contributed by atoms with E-state index in [1.807, 2.05) is 6.08 Å². The second-order valence-corrected chi connectivity index (χ2v) is 6.65. The van der Waals surface area contributed by atoms with Gasteiger partial charge in [-0.2, -0.15) is 5.10 Å². The third-order valence-corrected chi connectivity index (χ3v) is 4.72. The second kappa shape index (κ2) is 8.95. The average Bonchev–Trinajstić information content (AvgIpc) is 3.25. The summed E-state index contributed by atoms with van der Waals surface area (Å²) >= 11 is 0. The lowest BCUT2D eigenvalue weighted by Gasteiger charge is -2.11. The van der Waals surface area contributed by atoms with Crippen LogP contribution >= 0.6 is 0 Å². The number of non-ortho nitro benzene ring substituents is 1. The van der Waals surface area contributed by atoms with Gasteiger partial charge in [-0.05, 0) is 42.5 Å². The number of nitrogens with zero attached hydrogens (tertiary/aromatic N) is 3. The molecule has 2 N–H and O–H groups in total. The van der Waals surface area contributed by atoms with Crippen LogP contribution in [0.3, 0.4) is 0 Å². The van der Waals surface area contributed by atoms with Crippen molar-refractivity contribution in [2.75, 3.05) is 5.43 Å². The zero-order valence-electron chi connectivity index (χ0n) is 15.8. The number of hydrogen-bond donors (Lipinski definition) is 2. The van der Waals surface area contributed by atoms with Crippen molar-refractivity contribution in [2.24, 2.45) is 5.10 Å². The Morgan fingerprint density at radius 2 is 1.90 bits per heavy atom. The van der Waals surface area contributed by atoms with Crippen LogP contribution in [0.4, 0.5) is 17.1 Å². The zero-order valence-corrected chi connectivity index (χ0v) is 15.8. The number of carboxylic acids is 1. The van der Waals surface area contributed by atoms with Crippen LogP contribution in [0.2, 0.25) is 0 Å². The topological polar surface area (TPSA) is 148 Å². The monoisotopic (exact) mass is 410 g/mol. The molecule has 10 nitrogen and oxygen atoms in total. The molecule has 2 aromatic carbocycles. The van der Waals surface area contributed by atoms with Crippen LogP contribution in [-0.4, -0.2) is 26.6 Å². The SMILES string of the molecule is O=C(O)c1ccccc1CC(=NNc1ccc([N+](=O)[O-])cc1[N+](=O)[O-])C1=CCCC1. The molecule has 0 amide bonds. The van der Waals surface area contributed by atoms with E-state index in [0.717, 1.165) is 37.0 Å². The Kier molecular flexibility index (Phi) is 6.16. The molecular formula is C20H18N4O6. The van der Waals surface area contributed by atoms with Crippen molar-refractivity contribution >= 4 is 28.7 Å². The van der Waals surface area contributed by atoms with E-state index in [1.54, 1.807) is 18.2 Å². The smallest absolute Gasteiger partial charge is 0.335 e. The number of benzene rings is 2. The lowest BCUT2D eigenvalue weighted by atomic mass is 9.98. The molecule has 0 fully saturated rings. The minimum atomic E-state index is -1.05. The Morgan fingerprint density at radius 1 is 1.13 bits per heavy atom. The first-order chi connectivity index (χ1) is 14.4. The molecule has 0 saturated heterocycles. The van der Waals surface area contributed by atoms with Gasteiger partial charge in [0.1, 0.15) is 5.69 Å². The molecule has 154 valence electrons. The minimum Gasteiger partial charge on any atom is -0.478 e. The standard InChI is InChI=1S/C20H18N4O6/c25-20(26)16-8-4-3-7-14(16)11-18(13-5-1-2-6-13)22-21-17-10-9-15(23(27)28)12-19(17)24(29)30/h3-5,7-10,12,21H,1-2,6,11H2,(H,25,26). The van der Waals surface area contributed by atoms with Crippen LogP contribution in [0.1, 0.15) is 35.2 Å². The summed E-state index contributed by atoms with van der Waals surface area (Å²) in [5.74, 6) is -1.05. The van der Waals surface area contributed by atoms with Crippen molar-refractivity contribution in [3.05, 3.63) is 85.5 Å². The summed E-state index contributed by atoms with van der Waals surface area (Å²) in [5, 5.41) is 36.0. The third-order valence-electron chi connectivity index (χ3n) is 4.72. The van der Waals surface area contributed by atoms with E-state index < -0.39 is 27.2 Å². The van der Waals surface area contributed by atoms with Crippen molar-refractivity contribution in [2.45, 2.75) is 25.7 Å². The molecule has 0 aliphatic heterocycles. The van der Waals surface area contributed by atoms with Crippen molar-refractivity contribution in [1.82, 2.24) is 0 Å². The van der Waals surface area contributed by atoms with E-state index in [2.05, 4.69) is 10.5 Å². The molecular weight excluding hydrogens is 392 g/mol. The maximum atomic E-state index is 11.5. The highest BCUT2D eigenvalue weighted by atomic mass is 16.6. The molecule has 1 aliphatic carbocycles. The number of allylic oxidation sites excluding steroid dienone is 2. The summed E-state index contributed by atoms with van der Waals surface area (Å²) in [6, 6.07) is 9.82. The number of carbonyl (C=O) groups is 1. The van der Waals surface area contributed by atoms with Crippen LogP contribution in [0.25, 0.3) is 0 Å². The van der Waals surface area contributed by atoms with E-state index in [0.29, 0.717) is 11.3 Å². The van der Waals surface area contributed by atoms with Crippen molar-refractivity contribution < 1.29 is 19.7 Å². The molecule has 3 rings (SSSR count). The highest BCUT2D eigenvalue weighted by molar-refractivity contribution is 6.03. The second-order valence-electron chi connectivity index (χ2n) is 6.65. The van der Waals surface area contributed by atoms with Crippen LogP contribution in [-0.2, 0) is 6.42 Å². The van der Waals surface area contributed by atoms with Crippen LogP contribution in [0.5, 0.6) is 0 Å². The number of aromatic carboxylic acids is 1. The minimum absolute atomic E-state index is 0.00761. The number of nitrogens with one attached hydrogen (secondary N) is 1. The van der Waals surface area contributed by atoms with Crippen molar-refractivity contribution in [1.29, 1.82) is 0 Å². The summed E-state index contributed by atoms with van der Waals surface area (Å²) in [4.78, 5) is 32.3. The van der Waals surface area contributed by atoms with E-state index >= 15 is 0 Å². The zero-order chi connectivity index (χ0) is 21.7. The summed E-state index contributed by atoms with van der Waals surface area (Å²) in [7, 11) is 0. The first-order valence-corrected chi connectivity index (χ1v) is 9.13. The molecule has 2 aromatic rings. The molecule has 30 heavy (non-hydrogen) atoms. The molecule has 10 heteroatoms. The van der Waals surface area contributed by atoms with Gasteiger partial charge in [0.05, 0.1) is 27.2 Å². The fourth-order valence-electron chi connectivity index (χ4n) is 3.23. The highest BCUT2D eigenvalue weighted by Gasteiger charge is 2.21. The number of nitro benzene ring substituents is 2. The third kappa shape index (κ3) is 4.66. The number of carboxylic acid groups (broad SMARTS) is 1. The lowest BCUT2D eigenvalue weighted by molar-refractivity contribution is -0.393. The molecule has 0 spiro atoms. The Morgan fingerprint density at radius 3 is 2.53 bits per heavy atom. The predicted molar refractivity (Wildman–Crippen MR) is 110 cm³/mol. The first kappa shape index (κ1) is 20.6. The molecule has 0 heterocycles. The largest absolute Gasteiger partial charge is 0.478 e. The Labute approximate surface area is 170 Å². The van der Waals surface area contributed by atoms with Gasteiger partial charge in [0.2, 0.25) is 0 Å². The molecule has 0 bridgehead atoms. The molecule has 0 saturated carbocycles. The van der Waals surface area contributed by atoms with Crippen LogP contribution < -0.4 is 5.43 Å². The fraction of sp³-hybridized carbons (Fsp3) is 0.200. The predicted octanol–water partition coefficient (Wildman–Crippen LogP) is 4.32. The number of hydrazone groups is 1. The van der Waals surface area contributed by atoms with Crippen LogP contribution in [0, 0.1) is 20.2 Å². The molecule has 0 unspecified atom stereocenters. The molecule has 0 aromatic heterocycles. The maximum Gasteiger partial charge on any atom is 0.335 e. The quantitative estimate of drug-likeness (QED) is 0.374. The van der Waals surface area contributed by atoms with Gasteiger partial charge in [-0.3, -0.25) is 25.7 Å². The number of anilines is 1. The lowest BCUT2D eigenvalue weighted by Crippen LogP contribution is -2.12. The first-order valence-electron chi connectivity index (χ1n) is 9.13. The van der Waals surface area contributed by atoms with Crippen LogP contribution in [0.15, 0.2) is 59.2 Å². The summed E-state index contributed by atoms with van der Waals surface area (Å²) in [5.41, 5.74) is 4.00. The fourth-order valence-corrected chi connectivity index (χ4v) is 3.23.